The average Bonchev–Trinajstić information content (AvgIpc) is 2.96. The fraction of sp³-hybridized carbons (Fsp3) is 0.286. The second-order valence-corrected chi connectivity index (χ2v) is 6.15. The molecule has 1 amide bonds. The van der Waals surface area contributed by atoms with Crippen LogP contribution in [0.1, 0.15) is 28.0 Å². The van der Waals surface area contributed by atoms with Crippen LogP contribution in [0.25, 0.3) is 0 Å². The third kappa shape index (κ3) is 2.36. The first kappa shape index (κ1) is 13.6. The number of halogens is 2. The first-order valence-corrected chi connectivity index (χ1v) is 7.54. The standard InChI is InChI=1S/C14H13BrClN3O/c1-19-13(9-3-2-4-12(9)18-19)17-14(20)10-7-8(15)5-6-11(10)16/h5-7H,2-4H2,1H3,(H,17,20). The average molecular weight is 355 g/mol. The summed E-state index contributed by atoms with van der Waals surface area (Å²) in [5.41, 5.74) is 2.68. The molecule has 0 spiro atoms. The maximum Gasteiger partial charge on any atom is 0.258 e. The molecule has 3 rings (SSSR count). The van der Waals surface area contributed by atoms with Gasteiger partial charge in [0.05, 0.1) is 16.3 Å². The van der Waals surface area contributed by atoms with E-state index in [0.29, 0.717) is 10.6 Å². The van der Waals surface area contributed by atoms with Crippen molar-refractivity contribution in [3.63, 3.8) is 0 Å². The van der Waals surface area contributed by atoms with E-state index in [0.717, 1.165) is 40.8 Å². The first-order valence-electron chi connectivity index (χ1n) is 6.37. The van der Waals surface area contributed by atoms with Gasteiger partial charge in [-0.15, -0.1) is 0 Å². The van der Waals surface area contributed by atoms with Crippen molar-refractivity contribution >= 4 is 39.3 Å². The summed E-state index contributed by atoms with van der Waals surface area (Å²) in [7, 11) is 1.84. The number of hydrogen-bond acceptors (Lipinski definition) is 2. The number of nitrogens with zero attached hydrogens (tertiary/aromatic N) is 2. The Kier molecular flexibility index (Phi) is 3.56. The highest BCUT2D eigenvalue weighted by Crippen LogP contribution is 2.29. The van der Waals surface area contributed by atoms with Gasteiger partial charge < -0.3 is 5.32 Å². The third-order valence-corrected chi connectivity index (χ3v) is 4.30. The molecule has 2 aromatic rings. The molecular formula is C14H13BrClN3O. The molecule has 104 valence electrons. The van der Waals surface area contributed by atoms with E-state index in [2.05, 4.69) is 26.3 Å². The molecule has 0 saturated heterocycles. The van der Waals surface area contributed by atoms with Gasteiger partial charge in [-0.1, -0.05) is 27.5 Å². The number of carbonyl (C=O) groups excluding carboxylic acids is 1. The van der Waals surface area contributed by atoms with Gasteiger partial charge >= 0.3 is 0 Å². The van der Waals surface area contributed by atoms with Crippen molar-refractivity contribution in [2.75, 3.05) is 5.32 Å². The van der Waals surface area contributed by atoms with Crippen LogP contribution in [0.4, 0.5) is 5.82 Å². The van der Waals surface area contributed by atoms with Crippen LogP contribution in [0.3, 0.4) is 0 Å². The topological polar surface area (TPSA) is 46.9 Å². The lowest BCUT2D eigenvalue weighted by Gasteiger charge is -2.09. The van der Waals surface area contributed by atoms with Crippen LogP contribution in [-0.2, 0) is 19.9 Å². The minimum absolute atomic E-state index is 0.214. The Hall–Kier alpha value is -1.33. The van der Waals surface area contributed by atoms with Crippen molar-refractivity contribution in [1.29, 1.82) is 0 Å². The van der Waals surface area contributed by atoms with E-state index in [1.54, 1.807) is 22.9 Å². The van der Waals surface area contributed by atoms with Gasteiger partial charge in [0.1, 0.15) is 5.82 Å². The molecule has 0 bridgehead atoms. The zero-order valence-corrected chi connectivity index (χ0v) is 13.3. The normalized spacial score (nSPS) is 13.3. The molecule has 1 N–H and O–H groups in total. The zero-order valence-electron chi connectivity index (χ0n) is 10.9. The molecule has 0 saturated carbocycles. The van der Waals surface area contributed by atoms with Gasteiger partial charge in [-0.05, 0) is 37.5 Å². The molecule has 6 heteroatoms. The summed E-state index contributed by atoms with van der Waals surface area (Å²) >= 11 is 9.43. The highest BCUT2D eigenvalue weighted by molar-refractivity contribution is 9.10. The smallest absolute Gasteiger partial charge is 0.258 e. The SMILES string of the molecule is Cn1nc2c(c1NC(=O)c1cc(Br)ccc1Cl)CCC2. The summed E-state index contributed by atoms with van der Waals surface area (Å²) < 4.78 is 2.55. The van der Waals surface area contributed by atoms with Crippen LogP contribution in [0.2, 0.25) is 5.02 Å². The summed E-state index contributed by atoms with van der Waals surface area (Å²) in [4.78, 5) is 12.4. The monoisotopic (exact) mass is 353 g/mol. The van der Waals surface area contributed by atoms with E-state index < -0.39 is 0 Å². The number of rotatable bonds is 2. The highest BCUT2D eigenvalue weighted by atomic mass is 79.9. The van der Waals surface area contributed by atoms with Gasteiger partial charge in [0.2, 0.25) is 0 Å². The fourth-order valence-corrected chi connectivity index (χ4v) is 3.09. The van der Waals surface area contributed by atoms with Crippen molar-refractivity contribution in [2.24, 2.45) is 7.05 Å². The van der Waals surface area contributed by atoms with Crippen LogP contribution < -0.4 is 5.32 Å². The van der Waals surface area contributed by atoms with Crippen molar-refractivity contribution in [3.05, 3.63) is 44.5 Å². The third-order valence-electron chi connectivity index (χ3n) is 3.47. The minimum Gasteiger partial charge on any atom is -0.306 e. The lowest BCUT2D eigenvalue weighted by molar-refractivity contribution is 0.102. The van der Waals surface area contributed by atoms with Gasteiger partial charge in [0.25, 0.3) is 5.91 Å². The number of anilines is 1. The lowest BCUT2D eigenvalue weighted by Crippen LogP contribution is -2.16. The second-order valence-electron chi connectivity index (χ2n) is 4.83. The van der Waals surface area contributed by atoms with E-state index in [4.69, 9.17) is 11.6 Å². The predicted octanol–water partition coefficient (Wildman–Crippen LogP) is 3.58. The van der Waals surface area contributed by atoms with Crippen LogP contribution in [0.5, 0.6) is 0 Å². The van der Waals surface area contributed by atoms with Gasteiger partial charge in [-0.2, -0.15) is 5.10 Å². The molecule has 1 aliphatic carbocycles. The largest absolute Gasteiger partial charge is 0.306 e. The Morgan fingerprint density at radius 2 is 2.25 bits per heavy atom. The number of hydrogen-bond donors (Lipinski definition) is 1. The zero-order chi connectivity index (χ0) is 14.3. The molecule has 0 radical (unpaired) electrons. The van der Waals surface area contributed by atoms with E-state index >= 15 is 0 Å². The molecule has 0 unspecified atom stereocenters. The number of nitrogens with one attached hydrogen (secondary N) is 1. The molecule has 1 aromatic heterocycles. The lowest BCUT2D eigenvalue weighted by atomic mass is 10.2. The Labute approximate surface area is 130 Å². The maximum atomic E-state index is 12.4. The van der Waals surface area contributed by atoms with Crippen molar-refractivity contribution < 1.29 is 4.79 Å². The van der Waals surface area contributed by atoms with Crippen LogP contribution in [0.15, 0.2) is 22.7 Å². The van der Waals surface area contributed by atoms with Crippen LogP contribution >= 0.6 is 27.5 Å². The van der Waals surface area contributed by atoms with E-state index in [9.17, 15) is 4.79 Å². The van der Waals surface area contributed by atoms with Gasteiger partial charge in [0, 0.05) is 17.1 Å². The number of aromatic nitrogens is 2. The number of carbonyl (C=O) groups is 1. The van der Waals surface area contributed by atoms with E-state index in [1.807, 2.05) is 7.05 Å². The van der Waals surface area contributed by atoms with Crippen molar-refractivity contribution in [1.82, 2.24) is 9.78 Å². The summed E-state index contributed by atoms with van der Waals surface area (Å²) in [6, 6.07) is 5.23. The summed E-state index contributed by atoms with van der Waals surface area (Å²) in [5, 5.41) is 7.80. The molecule has 4 nitrogen and oxygen atoms in total. The molecule has 1 aromatic carbocycles. The summed E-state index contributed by atoms with van der Waals surface area (Å²) in [6.07, 6.45) is 3.04. The highest BCUT2D eigenvalue weighted by Gasteiger charge is 2.23. The molecular weight excluding hydrogens is 342 g/mol. The van der Waals surface area contributed by atoms with Gasteiger partial charge in [0.15, 0.2) is 0 Å². The molecule has 20 heavy (non-hydrogen) atoms. The summed E-state index contributed by atoms with van der Waals surface area (Å²) in [5.74, 6) is 0.563. The Morgan fingerprint density at radius 1 is 1.45 bits per heavy atom. The first-order chi connectivity index (χ1) is 9.56. The molecule has 0 fully saturated rings. The summed E-state index contributed by atoms with van der Waals surface area (Å²) in [6.45, 7) is 0. The van der Waals surface area contributed by atoms with E-state index in [-0.39, 0.29) is 5.91 Å². The molecule has 0 atom stereocenters. The Morgan fingerprint density at radius 3 is 3.05 bits per heavy atom. The molecule has 0 aliphatic heterocycles. The fourth-order valence-electron chi connectivity index (χ4n) is 2.52. The number of fused-ring (bicyclic) bond motifs is 1. The number of amides is 1. The van der Waals surface area contributed by atoms with Crippen LogP contribution in [0, 0.1) is 0 Å². The maximum absolute atomic E-state index is 12.4. The Bertz CT molecular complexity index is 696. The number of benzene rings is 1. The predicted molar refractivity (Wildman–Crippen MR) is 82.3 cm³/mol. The van der Waals surface area contributed by atoms with Crippen LogP contribution in [-0.4, -0.2) is 15.7 Å². The Balaban J connectivity index is 1.92. The van der Waals surface area contributed by atoms with Crippen molar-refractivity contribution in [2.45, 2.75) is 19.3 Å². The van der Waals surface area contributed by atoms with Gasteiger partial charge in [-0.25, -0.2) is 0 Å². The van der Waals surface area contributed by atoms with E-state index in [1.165, 1.54) is 0 Å². The number of aryl methyl sites for hydroxylation is 2. The minimum atomic E-state index is -0.214. The molecule has 1 aliphatic rings. The quantitative estimate of drug-likeness (QED) is 0.896. The van der Waals surface area contributed by atoms with Gasteiger partial charge in [-0.3, -0.25) is 9.48 Å². The molecule has 1 heterocycles. The second kappa shape index (κ2) is 5.22. The van der Waals surface area contributed by atoms with Crippen molar-refractivity contribution in [3.8, 4) is 0 Å².